The first kappa shape index (κ1) is 16.8. The van der Waals surface area contributed by atoms with Gasteiger partial charge in [0.2, 0.25) is 17.7 Å². The molecule has 2 amide bonds. The highest BCUT2D eigenvalue weighted by molar-refractivity contribution is 5.86. The average molecular weight is 354 g/mol. The van der Waals surface area contributed by atoms with Crippen molar-refractivity contribution in [3.05, 3.63) is 47.6 Å². The highest BCUT2D eigenvalue weighted by Crippen LogP contribution is 2.38. The topological polar surface area (TPSA) is 79.5 Å². The summed E-state index contributed by atoms with van der Waals surface area (Å²) in [6.07, 6.45) is 2.66. The lowest BCUT2D eigenvalue weighted by atomic mass is 9.99. The molecule has 1 aliphatic carbocycles. The van der Waals surface area contributed by atoms with Crippen molar-refractivity contribution in [2.45, 2.75) is 37.6 Å². The lowest BCUT2D eigenvalue weighted by Crippen LogP contribution is -2.38. The predicted octanol–water partition coefficient (Wildman–Crippen LogP) is 1.92. The van der Waals surface area contributed by atoms with Gasteiger partial charge in [0.05, 0.1) is 13.1 Å². The van der Waals surface area contributed by atoms with Gasteiger partial charge in [0.1, 0.15) is 0 Å². The Morgan fingerprint density at radius 2 is 2.04 bits per heavy atom. The Morgan fingerprint density at radius 3 is 2.77 bits per heavy atom. The molecule has 1 aliphatic heterocycles. The minimum absolute atomic E-state index is 0.0226. The third kappa shape index (κ3) is 3.61. The van der Waals surface area contributed by atoms with Gasteiger partial charge in [-0.25, -0.2) is 0 Å². The minimum Gasteiger partial charge on any atom is -0.337 e. The summed E-state index contributed by atoms with van der Waals surface area (Å²) >= 11 is 0. The molecule has 2 aliphatic rings. The molecule has 0 spiro atoms. The van der Waals surface area contributed by atoms with E-state index < -0.39 is 0 Å². The van der Waals surface area contributed by atoms with Crippen molar-refractivity contribution in [3.8, 4) is 0 Å². The fraction of sp³-hybridized carbons (Fsp3) is 0.474. The monoisotopic (exact) mass is 354 g/mol. The van der Waals surface area contributed by atoms with Crippen LogP contribution in [-0.2, 0) is 16.1 Å². The van der Waals surface area contributed by atoms with Crippen LogP contribution in [0.5, 0.6) is 0 Å². The van der Waals surface area contributed by atoms with Crippen LogP contribution in [0.15, 0.2) is 34.9 Å². The van der Waals surface area contributed by atoms with Gasteiger partial charge in [-0.3, -0.25) is 9.59 Å². The van der Waals surface area contributed by atoms with Gasteiger partial charge in [0.15, 0.2) is 5.82 Å². The number of rotatable bonds is 6. The van der Waals surface area contributed by atoms with Gasteiger partial charge in [-0.15, -0.1) is 0 Å². The number of nitrogens with zero attached hydrogens (tertiary/aromatic N) is 4. The maximum absolute atomic E-state index is 12.5. The first-order chi connectivity index (χ1) is 12.6. The molecule has 1 saturated heterocycles. The van der Waals surface area contributed by atoms with Gasteiger partial charge in [-0.05, 0) is 18.4 Å². The van der Waals surface area contributed by atoms with Crippen molar-refractivity contribution in [3.63, 3.8) is 0 Å². The lowest BCUT2D eigenvalue weighted by molar-refractivity contribution is -0.138. The zero-order valence-electron chi connectivity index (χ0n) is 14.8. The van der Waals surface area contributed by atoms with E-state index >= 15 is 0 Å². The van der Waals surface area contributed by atoms with E-state index in [0.29, 0.717) is 24.8 Å². The van der Waals surface area contributed by atoms with Crippen molar-refractivity contribution in [1.29, 1.82) is 0 Å². The van der Waals surface area contributed by atoms with Crippen LogP contribution in [0.4, 0.5) is 0 Å². The van der Waals surface area contributed by atoms with E-state index in [1.807, 2.05) is 30.3 Å². The molecule has 1 atom stereocenters. The molecule has 1 saturated carbocycles. The third-order valence-corrected chi connectivity index (χ3v) is 5.04. The predicted molar refractivity (Wildman–Crippen MR) is 93.1 cm³/mol. The van der Waals surface area contributed by atoms with Crippen LogP contribution < -0.4 is 0 Å². The fourth-order valence-corrected chi connectivity index (χ4v) is 3.29. The molecule has 0 unspecified atom stereocenters. The molecule has 2 heterocycles. The van der Waals surface area contributed by atoms with Gasteiger partial charge < -0.3 is 14.3 Å². The summed E-state index contributed by atoms with van der Waals surface area (Å²) in [7, 11) is 1.69. The summed E-state index contributed by atoms with van der Waals surface area (Å²) in [5, 5.41) is 3.96. The molecule has 1 aromatic carbocycles. The number of likely N-dealkylation sites (N-methyl/N-ethyl adjacent to an activating group) is 1. The Balaban J connectivity index is 1.32. The third-order valence-electron chi connectivity index (χ3n) is 5.04. The van der Waals surface area contributed by atoms with E-state index in [1.165, 1.54) is 4.90 Å². The molecule has 1 aromatic heterocycles. The molecule has 0 radical (unpaired) electrons. The second-order valence-corrected chi connectivity index (χ2v) is 7.16. The molecule has 0 N–H and O–H groups in total. The van der Waals surface area contributed by atoms with Crippen LogP contribution in [0, 0.1) is 0 Å². The van der Waals surface area contributed by atoms with Gasteiger partial charge in [0.25, 0.3) is 0 Å². The summed E-state index contributed by atoms with van der Waals surface area (Å²) < 4.78 is 5.22. The summed E-state index contributed by atoms with van der Waals surface area (Å²) in [5.74, 6) is 1.65. The molecule has 26 heavy (non-hydrogen) atoms. The Bertz CT molecular complexity index is 800. The van der Waals surface area contributed by atoms with Crippen molar-refractivity contribution >= 4 is 11.8 Å². The number of carbonyl (C=O) groups excluding carboxylic acids is 2. The molecule has 4 rings (SSSR count). The molecule has 7 nitrogen and oxygen atoms in total. The number of hydrogen-bond acceptors (Lipinski definition) is 5. The van der Waals surface area contributed by atoms with Gasteiger partial charge in [-0.1, -0.05) is 35.5 Å². The van der Waals surface area contributed by atoms with Crippen LogP contribution in [0.2, 0.25) is 0 Å². The van der Waals surface area contributed by atoms with E-state index in [9.17, 15) is 9.59 Å². The zero-order chi connectivity index (χ0) is 18.1. The van der Waals surface area contributed by atoms with Crippen molar-refractivity contribution in [1.82, 2.24) is 19.9 Å². The number of hydrogen-bond donors (Lipinski definition) is 0. The quantitative estimate of drug-likeness (QED) is 0.792. The maximum atomic E-state index is 12.5. The van der Waals surface area contributed by atoms with Crippen LogP contribution in [0.1, 0.15) is 48.4 Å². The fourth-order valence-electron chi connectivity index (χ4n) is 3.29. The van der Waals surface area contributed by atoms with Gasteiger partial charge in [0, 0.05) is 31.8 Å². The first-order valence-electron chi connectivity index (χ1n) is 8.99. The van der Waals surface area contributed by atoms with Gasteiger partial charge >= 0.3 is 0 Å². The smallest absolute Gasteiger partial charge is 0.246 e. The summed E-state index contributed by atoms with van der Waals surface area (Å²) in [6, 6.07) is 9.97. The molecular weight excluding hydrogens is 332 g/mol. The standard InChI is InChI=1S/C19H22N4O3/c1-22(11-16-20-19(21-26-16)14-7-8-14)18(25)12-23-10-15(9-17(23)24)13-5-3-2-4-6-13/h2-6,14-15H,7-12H2,1H3/t15-/m0/s1. The van der Waals surface area contributed by atoms with Crippen LogP contribution >= 0.6 is 0 Å². The Labute approximate surface area is 152 Å². The van der Waals surface area contributed by atoms with Crippen molar-refractivity contribution in [2.24, 2.45) is 0 Å². The second kappa shape index (κ2) is 6.90. The van der Waals surface area contributed by atoms with Crippen molar-refractivity contribution < 1.29 is 14.1 Å². The van der Waals surface area contributed by atoms with E-state index in [-0.39, 0.29) is 30.8 Å². The molecule has 2 aromatic rings. The van der Waals surface area contributed by atoms with Gasteiger partial charge in [-0.2, -0.15) is 4.98 Å². The number of benzene rings is 1. The molecular formula is C19H22N4O3. The van der Waals surface area contributed by atoms with E-state index in [2.05, 4.69) is 10.1 Å². The number of amides is 2. The SMILES string of the molecule is CN(Cc1nc(C2CC2)no1)C(=O)CN1C[C@@H](c2ccccc2)CC1=O. The molecule has 7 heteroatoms. The Morgan fingerprint density at radius 1 is 1.27 bits per heavy atom. The van der Waals surface area contributed by atoms with E-state index in [1.54, 1.807) is 11.9 Å². The second-order valence-electron chi connectivity index (χ2n) is 7.16. The molecule has 2 fully saturated rings. The van der Waals surface area contributed by atoms with Crippen molar-refractivity contribution in [2.75, 3.05) is 20.1 Å². The molecule has 136 valence electrons. The zero-order valence-corrected chi connectivity index (χ0v) is 14.8. The minimum atomic E-state index is -0.127. The summed E-state index contributed by atoms with van der Waals surface area (Å²) in [6.45, 7) is 0.930. The largest absolute Gasteiger partial charge is 0.337 e. The molecule has 0 bridgehead atoms. The Hall–Kier alpha value is -2.70. The number of carbonyl (C=O) groups is 2. The van der Waals surface area contributed by atoms with Crippen LogP contribution in [0.25, 0.3) is 0 Å². The van der Waals surface area contributed by atoms with Crippen LogP contribution in [-0.4, -0.2) is 51.9 Å². The number of likely N-dealkylation sites (tertiary alicyclic amines) is 1. The van der Waals surface area contributed by atoms with E-state index in [0.717, 1.165) is 24.2 Å². The average Bonchev–Trinajstić information content (AvgIpc) is 3.29. The number of aromatic nitrogens is 2. The van der Waals surface area contributed by atoms with E-state index in [4.69, 9.17) is 4.52 Å². The summed E-state index contributed by atoms with van der Waals surface area (Å²) in [5.41, 5.74) is 1.14. The maximum Gasteiger partial charge on any atom is 0.246 e. The highest BCUT2D eigenvalue weighted by Gasteiger charge is 2.33. The highest BCUT2D eigenvalue weighted by atomic mass is 16.5. The lowest BCUT2D eigenvalue weighted by Gasteiger charge is -2.20. The summed E-state index contributed by atoms with van der Waals surface area (Å²) in [4.78, 5) is 32.3. The Kier molecular flexibility index (Phi) is 4.44. The first-order valence-corrected chi connectivity index (χ1v) is 8.99. The van der Waals surface area contributed by atoms with Crippen LogP contribution in [0.3, 0.4) is 0 Å². The normalized spacial score (nSPS) is 19.8.